The van der Waals surface area contributed by atoms with Crippen molar-refractivity contribution in [3.63, 3.8) is 0 Å². The quantitative estimate of drug-likeness (QED) is 0.614. The van der Waals surface area contributed by atoms with Gasteiger partial charge in [-0.3, -0.25) is 9.59 Å². The van der Waals surface area contributed by atoms with E-state index < -0.39 is 0 Å². The van der Waals surface area contributed by atoms with Crippen molar-refractivity contribution in [1.82, 2.24) is 9.88 Å². The van der Waals surface area contributed by atoms with Crippen molar-refractivity contribution in [3.05, 3.63) is 76.3 Å². The van der Waals surface area contributed by atoms with E-state index in [4.69, 9.17) is 11.6 Å². The molecule has 1 saturated heterocycles. The van der Waals surface area contributed by atoms with Gasteiger partial charge in [0.25, 0.3) is 0 Å². The predicted molar refractivity (Wildman–Crippen MR) is 125 cm³/mol. The second-order valence-electron chi connectivity index (χ2n) is 7.38. The number of nitrogens with zero attached hydrogens (tertiary/aromatic N) is 3. The summed E-state index contributed by atoms with van der Waals surface area (Å²) >= 11 is 7.43. The molecule has 160 valence electrons. The number of carbonyl (C=O) groups excluding carboxylic acids is 2. The number of hydrogen-bond donors (Lipinski definition) is 1. The summed E-state index contributed by atoms with van der Waals surface area (Å²) in [5.74, 6) is -0.0613. The van der Waals surface area contributed by atoms with E-state index in [1.807, 2.05) is 64.9 Å². The molecule has 1 aliphatic heterocycles. The number of carbonyl (C=O) groups is 2. The van der Waals surface area contributed by atoms with Crippen LogP contribution in [0.3, 0.4) is 0 Å². The number of rotatable bonds is 6. The first-order valence-electron chi connectivity index (χ1n) is 10.1. The maximum Gasteiger partial charge on any atom is 0.230 e. The highest BCUT2D eigenvalue weighted by Crippen LogP contribution is 2.21. The Kier molecular flexibility index (Phi) is 6.84. The molecule has 2 aromatic carbocycles. The largest absolute Gasteiger partial charge is 0.368 e. The molecule has 0 aliphatic carbocycles. The van der Waals surface area contributed by atoms with Gasteiger partial charge in [0.15, 0.2) is 5.13 Å². The number of nitrogens with one attached hydrogen (secondary N) is 1. The second-order valence-corrected chi connectivity index (χ2v) is 8.67. The summed E-state index contributed by atoms with van der Waals surface area (Å²) in [6, 6.07) is 17.3. The van der Waals surface area contributed by atoms with Gasteiger partial charge in [-0.05, 0) is 23.8 Å². The van der Waals surface area contributed by atoms with Crippen molar-refractivity contribution < 1.29 is 9.59 Å². The fourth-order valence-corrected chi connectivity index (χ4v) is 4.45. The average Bonchev–Trinajstić information content (AvgIpc) is 3.21. The summed E-state index contributed by atoms with van der Waals surface area (Å²) in [6.07, 6.45) is 0.536. The van der Waals surface area contributed by atoms with Gasteiger partial charge in [-0.1, -0.05) is 48.0 Å². The monoisotopic (exact) mass is 454 g/mol. The molecule has 4 rings (SSSR count). The first kappa shape index (κ1) is 21.3. The van der Waals surface area contributed by atoms with Crippen molar-refractivity contribution in [2.24, 2.45) is 0 Å². The minimum Gasteiger partial charge on any atom is -0.368 e. The highest BCUT2D eigenvalue weighted by atomic mass is 35.5. The van der Waals surface area contributed by atoms with Gasteiger partial charge in [0.1, 0.15) is 0 Å². The maximum atomic E-state index is 12.7. The number of aromatic nitrogens is 1. The van der Waals surface area contributed by atoms with E-state index in [0.717, 1.165) is 24.3 Å². The van der Waals surface area contributed by atoms with Gasteiger partial charge in [0.2, 0.25) is 11.8 Å². The summed E-state index contributed by atoms with van der Waals surface area (Å²) in [5, 5.41) is 5.89. The van der Waals surface area contributed by atoms with E-state index in [9.17, 15) is 9.59 Å². The third-order valence-corrected chi connectivity index (χ3v) is 6.19. The Morgan fingerprint density at radius 2 is 1.77 bits per heavy atom. The van der Waals surface area contributed by atoms with Gasteiger partial charge >= 0.3 is 0 Å². The van der Waals surface area contributed by atoms with Crippen LogP contribution >= 0.6 is 22.9 Å². The van der Waals surface area contributed by atoms with E-state index in [2.05, 4.69) is 15.2 Å². The molecule has 8 heteroatoms. The Morgan fingerprint density at radius 1 is 1.00 bits per heavy atom. The lowest BCUT2D eigenvalue weighted by atomic mass is 10.1. The van der Waals surface area contributed by atoms with Gasteiger partial charge in [-0.2, -0.15) is 0 Å². The Bertz CT molecular complexity index is 1050. The molecule has 6 nitrogen and oxygen atoms in total. The molecule has 0 bridgehead atoms. The molecular weight excluding hydrogens is 432 g/mol. The number of amides is 2. The van der Waals surface area contributed by atoms with E-state index in [1.54, 1.807) is 0 Å². The lowest BCUT2D eigenvalue weighted by molar-refractivity contribution is -0.130. The molecule has 0 atom stereocenters. The lowest BCUT2D eigenvalue weighted by Crippen LogP contribution is -2.49. The summed E-state index contributed by atoms with van der Waals surface area (Å²) in [6.45, 7) is 2.86. The van der Waals surface area contributed by atoms with Crippen LogP contribution in [0, 0.1) is 0 Å². The summed E-state index contributed by atoms with van der Waals surface area (Å²) in [5.41, 5.74) is 2.71. The molecule has 0 spiro atoms. The van der Waals surface area contributed by atoms with Crippen LogP contribution in [-0.2, 0) is 22.4 Å². The Hall–Kier alpha value is -2.90. The van der Waals surface area contributed by atoms with Crippen LogP contribution in [0.4, 0.5) is 10.8 Å². The van der Waals surface area contributed by atoms with Gasteiger partial charge in [-0.15, -0.1) is 11.3 Å². The van der Waals surface area contributed by atoms with Gasteiger partial charge in [0, 0.05) is 42.3 Å². The van der Waals surface area contributed by atoms with Crippen LogP contribution in [0.1, 0.15) is 11.3 Å². The van der Waals surface area contributed by atoms with Crippen LogP contribution in [-0.4, -0.2) is 47.9 Å². The van der Waals surface area contributed by atoms with E-state index in [1.165, 1.54) is 11.3 Å². The Labute approximate surface area is 190 Å². The van der Waals surface area contributed by atoms with Crippen LogP contribution in [0.25, 0.3) is 0 Å². The number of thiazole rings is 1. The molecule has 2 amide bonds. The highest BCUT2D eigenvalue weighted by molar-refractivity contribution is 7.13. The van der Waals surface area contributed by atoms with Gasteiger partial charge in [-0.25, -0.2) is 4.98 Å². The van der Waals surface area contributed by atoms with Crippen molar-refractivity contribution >= 4 is 45.6 Å². The normalized spacial score (nSPS) is 13.8. The second kappa shape index (κ2) is 9.94. The molecule has 31 heavy (non-hydrogen) atoms. The zero-order valence-corrected chi connectivity index (χ0v) is 18.5. The first-order chi connectivity index (χ1) is 15.1. The summed E-state index contributed by atoms with van der Waals surface area (Å²) in [4.78, 5) is 33.4. The molecule has 2 heterocycles. The molecule has 0 saturated carbocycles. The van der Waals surface area contributed by atoms with Gasteiger partial charge in [0.05, 0.1) is 18.5 Å². The smallest absolute Gasteiger partial charge is 0.230 e. The average molecular weight is 455 g/mol. The molecule has 3 aromatic rings. The van der Waals surface area contributed by atoms with Crippen LogP contribution < -0.4 is 10.2 Å². The molecule has 0 radical (unpaired) electrons. The lowest BCUT2D eigenvalue weighted by Gasteiger charge is -2.36. The number of anilines is 2. The summed E-state index contributed by atoms with van der Waals surface area (Å²) < 4.78 is 0. The Morgan fingerprint density at radius 3 is 2.52 bits per heavy atom. The van der Waals surface area contributed by atoms with Crippen molar-refractivity contribution in [1.29, 1.82) is 0 Å². The number of halogens is 1. The number of hydrogen-bond acceptors (Lipinski definition) is 5. The number of benzene rings is 2. The zero-order chi connectivity index (χ0) is 21.6. The fourth-order valence-electron chi connectivity index (χ4n) is 3.54. The zero-order valence-electron chi connectivity index (χ0n) is 17.0. The molecule has 1 aliphatic rings. The van der Waals surface area contributed by atoms with Crippen molar-refractivity contribution in [2.45, 2.75) is 12.8 Å². The van der Waals surface area contributed by atoms with Crippen LogP contribution in [0.2, 0.25) is 5.02 Å². The van der Waals surface area contributed by atoms with Crippen LogP contribution in [0.15, 0.2) is 60.0 Å². The fraction of sp³-hybridized carbons (Fsp3) is 0.261. The molecule has 1 N–H and O–H groups in total. The first-order valence-corrected chi connectivity index (χ1v) is 11.4. The minimum absolute atomic E-state index is 0.0539. The third-order valence-electron chi connectivity index (χ3n) is 5.14. The Balaban J connectivity index is 1.26. The van der Waals surface area contributed by atoms with Crippen molar-refractivity contribution in [2.75, 3.05) is 36.4 Å². The topological polar surface area (TPSA) is 65.5 Å². The predicted octanol–water partition coefficient (Wildman–Crippen LogP) is 3.87. The number of piperazine rings is 1. The minimum atomic E-state index is -0.115. The maximum absolute atomic E-state index is 12.7. The van der Waals surface area contributed by atoms with E-state index in [0.29, 0.717) is 35.4 Å². The molecule has 1 fully saturated rings. The van der Waals surface area contributed by atoms with E-state index in [-0.39, 0.29) is 18.2 Å². The summed E-state index contributed by atoms with van der Waals surface area (Å²) in [7, 11) is 0. The van der Waals surface area contributed by atoms with E-state index >= 15 is 0 Å². The standard InChI is InChI=1S/C23H23ClN4O2S/c24-18-7-4-8-20(14-18)27-9-11-28(12-10-27)22(30)15-19-16-31-23(25-19)26-21(29)13-17-5-2-1-3-6-17/h1-8,14,16H,9-13,15H2,(H,25,26,29). The van der Waals surface area contributed by atoms with Gasteiger partial charge < -0.3 is 15.1 Å². The third kappa shape index (κ3) is 5.83. The molecular formula is C23H23ClN4O2S. The highest BCUT2D eigenvalue weighted by Gasteiger charge is 2.22. The van der Waals surface area contributed by atoms with Crippen LogP contribution in [0.5, 0.6) is 0 Å². The SMILES string of the molecule is O=C(Cc1ccccc1)Nc1nc(CC(=O)N2CCN(c3cccc(Cl)c3)CC2)cs1. The molecule has 0 unspecified atom stereocenters. The van der Waals surface area contributed by atoms with Crippen molar-refractivity contribution in [3.8, 4) is 0 Å². The molecule has 1 aromatic heterocycles.